The van der Waals surface area contributed by atoms with Crippen molar-refractivity contribution < 1.29 is 14.3 Å². The van der Waals surface area contributed by atoms with Crippen LogP contribution in [0, 0.1) is 13.8 Å². The van der Waals surface area contributed by atoms with E-state index in [1.54, 1.807) is 6.07 Å². The number of hydrogen-bond acceptors (Lipinski definition) is 3. The molecule has 0 amide bonds. The van der Waals surface area contributed by atoms with Crippen LogP contribution in [0.3, 0.4) is 0 Å². The average Bonchev–Trinajstić information content (AvgIpc) is 2.74. The number of benzene rings is 1. The fourth-order valence-electron chi connectivity index (χ4n) is 1.60. The molecule has 2 rings (SSSR count). The van der Waals surface area contributed by atoms with Crippen molar-refractivity contribution in [2.24, 2.45) is 0 Å². The van der Waals surface area contributed by atoms with Gasteiger partial charge in [-0.05, 0) is 37.6 Å². The molecule has 0 saturated heterocycles. The summed E-state index contributed by atoms with van der Waals surface area (Å²) in [4.78, 5) is 0. The summed E-state index contributed by atoms with van der Waals surface area (Å²) < 4.78 is 10.9. The van der Waals surface area contributed by atoms with Gasteiger partial charge in [0.1, 0.15) is 30.0 Å². The molecule has 0 bridgehead atoms. The number of aliphatic hydroxyl groups excluding tert-OH is 1. The van der Waals surface area contributed by atoms with Crippen molar-refractivity contribution in [1.82, 2.24) is 0 Å². The van der Waals surface area contributed by atoms with E-state index < -0.39 is 6.10 Å². The molecule has 0 saturated carbocycles. The molecule has 1 unspecified atom stereocenters. The summed E-state index contributed by atoms with van der Waals surface area (Å²) in [6.45, 7) is 4.01. The largest absolute Gasteiger partial charge is 0.490 e. The quantitative estimate of drug-likeness (QED) is 0.881. The van der Waals surface area contributed by atoms with Crippen molar-refractivity contribution in [3.63, 3.8) is 0 Å². The summed E-state index contributed by atoms with van der Waals surface area (Å²) in [7, 11) is 0. The van der Waals surface area contributed by atoms with Crippen molar-refractivity contribution in [2.75, 3.05) is 6.61 Å². The van der Waals surface area contributed by atoms with E-state index in [0.717, 1.165) is 17.1 Å². The molecule has 3 heteroatoms. The summed E-state index contributed by atoms with van der Waals surface area (Å²) in [5.74, 6) is 2.11. The zero-order valence-corrected chi connectivity index (χ0v) is 10.0. The molecule has 1 atom stereocenters. The number of para-hydroxylation sites is 1. The molecule has 0 radical (unpaired) electrons. The smallest absolute Gasteiger partial charge is 0.145 e. The van der Waals surface area contributed by atoms with Crippen LogP contribution < -0.4 is 4.74 Å². The van der Waals surface area contributed by atoms with E-state index in [1.807, 2.05) is 44.2 Å². The van der Waals surface area contributed by atoms with Gasteiger partial charge in [-0.2, -0.15) is 0 Å². The van der Waals surface area contributed by atoms with Crippen LogP contribution in [0.25, 0.3) is 0 Å². The van der Waals surface area contributed by atoms with E-state index in [4.69, 9.17) is 9.15 Å². The monoisotopic (exact) mass is 232 g/mol. The number of ether oxygens (including phenoxy) is 1. The maximum atomic E-state index is 9.87. The van der Waals surface area contributed by atoms with E-state index in [9.17, 15) is 5.11 Å². The SMILES string of the molecule is Cc1ccc(C(O)COc2ccccc2C)o1. The molecular formula is C14H16O3. The van der Waals surface area contributed by atoms with Crippen molar-refractivity contribution in [1.29, 1.82) is 0 Å². The zero-order valence-electron chi connectivity index (χ0n) is 10.0. The fourth-order valence-corrected chi connectivity index (χ4v) is 1.60. The standard InChI is InChI=1S/C14H16O3/c1-10-5-3-4-6-13(10)16-9-12(15)14-8-7-11(2)17-14/h3-8,12,15H,9H2,1-2H3. The molecule has 1 aromatic heterocycles. The Labute approximate surface area is 101 Å². The predicted molar refractivity (Wildman–Crippen MR) is 65.1 cm³/mol. The highest BCUT2D eigenvalue weighted by atomic mass is 16.5. The van der Waals surface area contributed by atoms with Crippen molar-refractivity contribution in [3.05, 3.63) is 53.5 Å². The molecule has 1 heterocycles. The molecule has 2 aromatic rings. The molecule has 90 valence electrons. The Morgan fingerprint density at radius 1 is 1.18 bits per heavy atom. The molecule has 1 aromatic carbocycles. The van der Waals surface area contributed by atoms with Crippen LogP contribution in [0.1, 0.15) is 23.2 Å². The second-order valence-corrected chi connectivity index (χ2v) is 4.04. The normalized spacial score (nSPS) is 12.4. The van der Waals surface area contributed by atoms with Gasteiger partial charge < -0.3 is 14.3 Å². The van der Waals surface area contributed by atoms with Crippen molar-refractivity contribution in [2.45, 2.75) is 20.0 Å². The van der Waals surface area contributed by atoms with E-state index in [-0.39, 0.29) is 6.61 Å². The second kappa shape index (κ2) is 5.06. The van der Waals surface area contributed by atoms with Crippen LogP contribution in [0.4, 0.5) is 0 Å². The van der Waals surface area contributed by atoms with Gasteiger partial charge in [-0.3, -0.25) is 0 Å². The van der Waals surface area contributed by atoms with Gasteiger partial charge in [-0.25, -0.2) is 0 Å². The summed E-state index contributed by atoms with van der Waals surface area (Å²) in [6, 6.07) is 11.3. The van der Waals surface area contributed by atoms with Crippen LogP contribution in [0.15, 0.2) is 40.8 Å². The summed E-state index contributed by atoms with van der Waals surface area (Å²) >= 11 is 0. The first kappa shape index (κ1) is 11.7. The number of rotatable bonds is 4. The second-order valence-electron chi connectivity index (χ2n) is 4.04. The molecule has 17 heavy (non-hydrogen) atoms. The van der Waals surface area contributed by atoms with Crippen LogP contribution in [-0.4, -0.2) is 11.7 Å². The Kier molecular flexibility index (Phi) is 3.49. The number of hydrogen-bond donors (Lipinski definition) is 1. The highest BCUT2D eigenvalue weighted by Crippen LogP contribution is 2.20. The molecule has 0 spiro atoms. The van der Waals surface area contributed by atoms with Gasteiger partial charge in [0.2, 0.25) is 0 Å². The predicted octanol–water partition coefficient (Wildman–Crippen LogP) is 3.01. The summed E-state index contributed by atoms with van der Waals surface area (Å²) in [6.07, 6.45) is -0.733. The first-order valence-corrected chi connectivity index (χ1v) is 5.59. The lowest BCUT2D eigenvalue weighted by atomic mass is 10.2. The molecule has 3 nitrogen and oxygen atoms in total. The van der Waals surface area contributed by atoms with Crippen LogP contribution in [0.2, 0.25) is 0 Å². The third kappa shape index (κ3) is 2.88. The van der Waals surface area contributed by atoms with Crippen molar-refractivity contribution in [3.8, 4) is 5.75 Å². The average molecular weight is 232 g/mol. The minimum Gasteiger partial charge on any atom is -0.490 e. The third-order valence-corrected chi connectivity index (χ3v) is 2.58. The zero-order chi connectivity index (χ0) is 12.3. The Morgan fingerprint density at radius 3 is 2.59 bits per heavy atom. The number of furan rings is 1. The lowest BCUT2D eigenvalue weighted by Gasteiger charge is -2.11. The van der Waals surface area contributed by atoms with E-state index in [2.05, 4.69) is 0 Å². The van der Waals surface area contributed by atoms with E-state index in [0.29, 0.717) is 5.76 Å². The molecule has 0 aliphatic carbocycles. The fraction of sp³-hybridized carbons (Fsp3) is 0.286. The van der Waals surface area contributed by atoms with Gasteiger partial charge in [0.25, 0.3) is 0 Å². The lowest BCUT2D eigenvalue weighted by Crippen LogP contribution is -2.09. The highest BCUT2D eigenvalue weighted by Gasteiger charge is 2.12. The highest BCUT2D eigenvalue weighted by molar-refractivity contribution is 5.31. The first-order chi connectivity index (χ1) is 8.16. The van der Waals surface area contributed by atoms with E-state index in [1.165, 1.54) is 0 Å². The molecule has 0 aliphatic rings. The first-order valence-electron chi connectivity index (χ1n) is 5.59. The van der Waals surface area contributed by atoms with Gasteiger partial charge in [0.05, 0.1) is 0 Å². The maximum absolute atomic E-state index is 9.87. The minimum absolute atomic E-state index is 0.192. The minimum atomic E-state index is -0.733. The van der Waals surface area contributed by atoms with Crippen LogP contribution in [0.5, 0.6) is 5.75 Å². The maximum Gasteiger partial charge on any atom is 0.145 e. The Balaban J connectivity index is 1.97. The lowest BCUT2D eigenvalue weighted by molar-refractivity contribution is 0.0877. The van der Waals surface area contributed by atoms with Crippen molar-refractivity contribution >= 4 is 0 Å². The Morgan fingerprint density at radius 2 is 1.94 bits per heavy atom. The number of aryl methyl sites for hydroxylation is 2. The molecule has 0 fully saturated rings. The van der Waals surface area contributed by atoms with Gasteiger partial charge in [0.15, 0.2) is 0 Å². The van der Waals surface area contributed by atoms with Gasteiger partial charge >= 0.3 is 0 Å². The summed E-state index contributed by atoms with van der Waals surface area (Å²) in [5.41, 5.74) is 1.05. The molecular weight excluding hydrogens is 216 g/mol. The molecule has 0 aliphatic heterocycles. The van der Waals surface area contributed by atoms with Gasteiger partial charge in [0, 0.05) is 0 Å². The Hall–Kier alpha value is -1.74. The third-order valence-electron chi connectivity index (χ3n) is 2.58. The van der Waals surface area contributed by atoms with Gasteiger partial charge in [-0.1, -0.05) is 18.2 Å². The number of aliphatic hydroxyl groups is 1. The van der Waals surface area contributed by atoms with E-state index >= 15 is 0 Å². The van der Waals surface area contributed by atoms with Gasteiger partial charge in [-0.15, -0.1) is 0 Å². The Bertz CT molecular complexity index is 488. The topological polar surface area (TPSA) is 42.6 Å². The molecule has 1 N–H and O–H groups in total. The summed E-state index contributed by atoms with van der Waals surface area (Å²) in [5, 5.41) is 9.87. The van der Waals surface area contributed by atoms with Crippen LogP contribution in [-0.2, 0) is 0 Å². The van der Waals surface area contributed by atoms with Crippen LogP contribution >= 0.6 is 0 Å².